The molecule has 0 unspecified atom stereocenters. The second kappa shape index (κ2) is 6.66. The lowest BCUT2D eigenvalue weighted by Crippen LogP contribution is -2.24. The summed E-state index contributed by atoms with van der Waals surface area (Å²) in [6.07, 6.45) is 3.57. The number of benzene rings is 2. The summed E-state index contributed by atoms with van der Waals surface area (Å²) >= 11 is 0. The van der Waals surface area contributed by atoms with Crippen LogP contribution in [0.2, 0.25) is 0 Å². The summed E-state index contributed by atoms with van der Waals surface area (Å²) in [6.45, 7) is 1.58. The molecule has 0 bridgehead atoms. The van der Waals surface area contributed by atoms with Crippen LogP contribution in [0.1, 0.15) is 11.1 Å². The Morgan fingerprint density at radius 2 is 1.10 bits per heavy atom. The minimum atomic E-state index is 0.755. The van der Waals surface area contributed by atoms with Crippen molar-refractivity contribution in [2.75, 3.05) is 4.90 Å². The van der Waals surface area contributed by atoms with Crippen molar-refractivity contribution in [2.24, 2.45) is 0 Å². The molecule has 0 N–H and O–H groups in total. The van der Waals surface area contributed by atoms with E-state index in [1.54, 1.807) is 12.4 Å². The van der Waals surface area contributed by atoms with Gasteiger partial charge in [-0.25, -0.2) is 9.97 Å². The van der Waals surface area contributed by atoms with Crippen molar-refractivity contribution in [3.05, 3.63) is 90.3 Å². The lowest BCUT2D eigenvalue weighted by atomic mass is 10.2. The minimum Gasteiger partial charge on any atom is -0.332 e. The fourth-order valence-electron chi connectivity index (χ4n) is 2.26. The molecule has 1 aromatic heterocycles. The molecule has 0 aliphatic heterocycles. The fourth-order valence-corrected chi connectivity index (χ4v) is 2.26. The average molecular weight is 275 g/mol. The van der Waals surface area contributed by atoms with Crippen LogP contribution in [-0.4, -0.2) is 9.97 Å². The Hall–Kier alpha value is -2.68. The van der Waals surface area contributed by atoms with Gasteiger partial charge >= 0.3 is 0 Å². The molecule has 0 amide bonds. The van der Waals surface area contributed by atoms with E-state index in [2.05, 4.69) is 63.4 Å². The summed E-state index contributed by atoms with van der Waals surface area (Å²) in [5, 5.41) is 0. The molecule has 0 saturated heterocycles. The molecule has 21 heavy (non-hydrogen) atoms. The Balaban J connectivity index is 1.84. The zero-order chi connectivity index (χ0) is 14.3. The van der Waals surface area contributed by atoms with Crippen LogP contribution in [0.4, 0.5) is 5.95 Å². The molecule has 0 aliphatic rings. The molecule has 0 fully saturated rings. The highest BCUT2D eigenvalue weighted by Gasteiger charge is 2.10. The van der Waals surface area contributed by atoms with Gasteiger partial charge in [0.15, 0.2) is 0 Å². The van der Waals surface area contributed by atoms with Crippen molar-refractivity contribution in [1.82, 2.24) is 9.97 Å². The second-order valence-corrected chi connectivity index (χ2v) is 4.88. The summed E-state index contributed by atoms with van der Waals surface area (Å²) in [6, 6.07) is 22.6. The zero-order valence-electron chi connectivity index (χ0n) is 11.8. The first-order chi connectivity index (χ1) is 10.4. The number of hydrogen-bond donors (Lipinski definition) is 0. The van der Waals surface area contributed by atoms with Crippen molar-refractivity contribution in [1.29, 1.82) is 0 Å². The molecule has 104 valence electrons. The quantitative estimate of drug-likeness (QED) is 0.711. The van der Waals surface area contributed by atoms with Crippen LogP contribution in [0.25, 0.3) is 0 Å². The van der Waals surface area contributed by atoms with Gasteiger partial charge in [-0.1, -0.05) is 60.7 Å². The largest absolute Gasteiger partial charge is 0.332 e. The number of aromatic nitrogens is 2. The molecular weight excluding hydrogens is 258 g/mol. The molecule has 0 radical (unpaired) electrons. The lowest BCUT2D eigenvalue weighted by Gasteiger charge is -2.22. The second-order valence-electron chi connectivity index (χ2n) is 4.88. The fraction of sp³-hybridized carbons (Fsp3) is 0.111. The normalized spacial score (nSPS) is 10.3. The number of rotatable bonds is 5. The molecule has 3 rings (SSSR count). The molecule has 0 spiro atoms. The molecule has 2 aromatic carbocycles. The van der Waals surface area contributed by atoms with Gasteiger partial charge in [0.05, 0.1) is 0 Å². The van der Waals surface area contributed by atoms with Crippen molar-refractivity contribution < 1.29 is 0 Å². The van der Waals surface area contributed by atoms with E-state index >= 15 is 0 Å². The minimum absolute atomic E-state index is 0.755. The van der Waals surface area contributed by atoms with Crippen LogP contribution in [0.5, 0.6) is 0 Å². The van der Waals surface area contributed by atoms with E-state index in [1.165, 1.54) is 11.1 Å². The van der Waals surface area contributed by atoms with Crippen molar-refractivity contribution in [3.63, 3.8) is 0 Å². The third-order valence-corrected chi connectivity index (χ3v) is 3.27. The number of nitrogens with zero attached hydrogens (tertiary/aromatic N) is 3. The van der Waals surface area contributed by atoms with E-state index in [-0.39, 0.29) is 0 Å². The summed E-state index contributed by atoms with van der Waals surface area (Å²) in [5.74, 6) is 0.755. The Bertz CT molecular complexity index is 612. The topological polar surface area (TPSA) is 29.0 Å². The SMILES string of the molecule is c1ccc(CN(Cc2ccccc2)c2ncccn2)cc1. The van der Waals surface area contributed by atoms with Crippen LogP contribution in [0.15, 0.2) is 79.1 Å². The zero-order valence-corrected chi connectivity index (χ0v) is 11.8. The predicted molar refractivity (Wildman–Crippen MR) is 84.8 cm³/mol. The van der Waals surface area contributed by atoms with Gasteiger partial charge in [-0.05, 0) is 17.2 Å². The first-order valence-corrected chi connectivity index (χ1v) is 7.01. The number of anilines is 1. The van der Waals surface area contributed by atoms with Crippen molar-refractivity contribution in [2.45, 2.75) is 13.1 Å². The molecule has 3 nitrogen and oxygen atoms in total. The molecule has 0 saturated carbocycles. The van der Waals surface area contributed by atoms with E-state index < -0.39 is 0 Å². The Morgan fingerprint density at radius 3 is 1.57 bits per heavy atom. The summed E-state index contributed by atoms with van der Waals surface area (Å²) in [5.41, 5.74) is 2.50. The third-order valence-electron chi connectivity index (χ3n) is 3.27. The highest BCUT2D eigenvalue weighted by atomic mass is 15.2. The molecule has 3 aromatic rings. The van der Waals surface area contributed by atoms with Crippen molar-refractivity contribution in [3.8, 4) is 0 Å². The van der Waals surface area contributed by atoms with Gasteiger partial charge < -0.3 is 4.90 Å². The van der Waals surface area contributed by atoms with Gasteiger partial charge in [-0.15, -0.1) is 0 Å². The van der Waals surface area contributed by atoms with Gasteiger partial charge in [0, 0.05) is 25.5 Å². The first-order valence-electron chi connectivity index (χ1n) is 7.01. The smallest absolute Gasteiger partial charge is 0.225 e. The molecular formula is C18H17N3. The van der Waals surface area contributed by atoms with E-state index in [9.17, 15) is 0 Å². The van der Waals surface area contributed by atoms with E-state index in [4.69, 9.17) is 0 Å². The number of hydrogen-bond acceptors (Lipinski definition) is 3. The standard InChI is InChI=1S/C18H17N3/c1-3-8-16(9-4-1)14-21(18-19-12-7-13-20-18)15-17-10-5-2-6-11-17/h1-13H,14-15H2. The van der Waals surface area contributed by atoms with Crippen LogP contribution in [0.3, 0.4) is 0 Å². The average Bonchev–Trinajstić information content (AvgIpc) is 2.57. The van der Waals surface area contributed by atoms with Crippen molar-refractivity contribution >= 4 is 5.95 Å². The van der Waals surface area contributed by atoms with Crippen LogP contribution in [0, 0.1) is 0 Å². The highest BCUT2D eigenvalue weighted by molar-refractivity contribution is 5.33. The molecule has 0 aliphatic carbocycles. The van der Waals surface area contributed by atoms with Gasteiger partial charge in [0.2, 0.25) is 5.95 Å². The Kier molecular flexibility index (Phi) is 4.22. The van der Waals surface area contributed by atoms with E-state index in [0.29, 0.717) is 0 Å². The van der Waals surface area contributed by atoms with Gasteiger partial charge in [0.1, 0.15) is 0 Å². The van der Waals surface area contributed by atoms with Crippen LogP contribution < -0.4 is 4.90 Å². The van der Waals surface area contributed by atoms with Crippen LogP contribution >= 0.6 is 0 Å². The van der Waals surface area contributed by atoms with Gasteiger partial charge in [0.25, 0.3) is 0 Å². The first kappa shape index (κ1) is 13.3. The summed E-state index contributed by atoms with van der Waals surface area (Å²) < 4.78 is 0. The highest BCUT2D eigenvalue weighted by Crippen LogP contribution is 2.15. The van der Waals surface area contributed by atoms with Gasteiger partial charge in [-0.3, -0.25) is 0 Å². The third kappa shape index (κ3) is 3.66. The predicted octanol–water partition coefficient (Wildman–Crippen LogP) is 3.68. The molecule has 3 heteroatoms. The molecule has 1 heterocycles. The van der Waals surface area contributed by atoms with Crippen LogP contribution in [-0.2, 0) is 13.1 Å². The Morgan fingerprint density at radius 1 is 0.619 bits per heavy atom. The monoisotopic (exact) mass is 275 g/mol. The molecule has 0 atom stereocenters. The van der Waals surface area contributed by atoms with E-state index in [0.717, 1.165) is 19.0 Å². The summed E-state index contributed by atoms with van der Waals surface area (Å²) in [4.78, 5) is 11.0. The Labute approximate surface area is 124 Å². The van der Waals surface area contributed by atoms with E-state index in [1.807, 2.05) is 18.2 Å². The maximum atomic E-state index is 4.39. The van der Waals surface area contributed by atoms with Gasteiger partial charge in [-0.2, -0.15) is 0 Å². The maximum absolute atomic E-state index is 4.39. The summed E-state index contributed by atoms with van der Waals surface area (Å²) in [7, 11) is 0. The maximum Gasteiger partial charge on any atom is 0.225 e. The lowest BCUT2D eigenvalue weighted by molar-refractivity contribution is 0.763.